The van der Waals surface area contributed by atoms with Gasteiger partial charge in [0.1, 0.15) is 5.82 Å². The van der Waals surface area contributed by atoms with E-state index in [1.165, 1.54) is 12.3 Å². The summed E-state index contributed by atoms with van der Waals surface area (Å²) in [6, 6.07) is 4.72. The van der Waals surface area contributed by atoms with Crippen molar-refractivity contribution in [2.75, 3.05) is 0 Å². The van der Waals surface area contributed by atoms with Crippen LogP contribution in [0.3, 0.4) is 0 Å². The highest BCUT2D eigenvalue weighted by atomic mass is 16.2. The quantitative estimate of drug-likeness (QED) is 0.703. The molecule has 6 heteroatoms. The standard InChI is InChI=1S/C10H8N4O2/c15-9-5-8(13-10(16)14-9)12-6-7-1-3-11-4-2-7/h1-6H,(H2,13,14,15,16). The van der Waals surface area contributed by atoms with E-state index in [0.717, 1.165) is 5.56 Å². The van der Waals surface area contributed by atoms with Crippen LogP contribution in [-0.4, -0.2) is 21.2 Å². The number of aromatic amines is 2. The molecule has 0 saturated heterocycles. The minimum absolute atomic E-state index is 0.213. The van der Waals surface area contributed by atoms with Crippen LogP contribution in [0.25, 0.3) is 0 Å². The third kappa shape index (κ3) is 2.50. The molecule has 0 saturated carbocycles. The van der Waals surface area contributed by atoms with Crippen molar-refractivity contribution >= 4 is 12.0 Å². The molecule has 0 unspecified atom stereocenters. The molecule has 0 aliphatic heterocycles. The van der Waals surface area contributed by atoms with Crippen molar-refractivity contribution < 1.29 is 0 Å². The molecule has 0 aliphatic rings. The van der Waals surface area contributed by atoms with Crippen molar-refractivity contribution in [2.45, 2.75) is 0 Å². The molecule has 2 N–H and O–H groups in total. The van der Waals surface area contributed by atoms with Gasteiger partial charge in [0.05, 0.1) is 0 Å². The van der Waals surface area contributed by atoms with Crippen LogP contribution in [0.15, 0.2) is 45.2 Å². The Bertz CT molecular complexity index is 584. The third-order valence-corrected chi connectivity index (χ3v) is 1.80. The monoisotopic (exact) mass is 216 g/mol. The topological polar surface area (TPSA) is 91.0 Å². The van der Waals surface area contributed by atoms with Gasteiger partial charge in [0.2, 0.25) is 0 Å². The highest BCUT2D eigenvalue weighted by Gasteiger charge is 1.92. The molecule has 2 rings (SSSR count). The van der Waals surface area contributed by atoms with Gasteiger partial charge in [-0.15, -0.1) is 0 Å². The molecule has 0 bridgehead atoms. The molecule has 2 aromatic heterocycles. The van der Waals surface area contributed by atoms with Crippen molar-refractivity contribution in [3.05, 3.63) is 57.0 Å². The number of rotatable bonds is 2. The lowest BCUT2D eigenvalue weighted by atomic mass is 10.3. The SMILES string of the molecule is O=c1cc(N=Cc2ccncc2)[nH]c(=O)[nH]1. The fourth-order valence-electron chi connectivity index (χ4n) is 1.12. The Morgan fingerprint density at radius 2 is 1.94 bits per heavy atom. The molecule has 6 nitrogen and oxygen atoms in total. The molecule has 80 valence electrons. The number of hydrogen-bond acceptors (Lipinski definition) is 4. The van der Waals surface area contributed by atoms with Crippen molar-refractivity contribution in [1.29, 1.82) is 0 Å². The van der Waals surface area contributed by atoms with Crippen LogP contribution in [-0.2, 0) is 0 Å². The maximum atomic E-state index is 11.0. The van der Waals surface area contributed by atoms with Gasteiger partial charge < -0.3 is 0 Å². The largest absolute Gasteiger partial charge is 0.327 e. The number of pyridine rings is 1. The second kappa shape index (κ2) is 4.35. The Hall–Kier alpha value is -2.50. The van der Waals surface area contributed by atoms with E-state index in [1.807, 2.05) is 0 Å². The average Bonchev–Trinajstić information content (AvgIpc) is 2.27. The van der Waals surface area contributed by atoms with Crippen LogP contribution in [0, 0.1) is 0 Å². The van der Waals surface area contributed by atoms with E-state index < -0.39 is 11.2 Å². The van der Waals surface area contributed by atoms with Gasteiger partial charge in [0.25, 0.3) is 5.56 Å². The minimum atomic E-state index is -0.575. The molecule has 16 heavy (non-hydrogen) atoms. The van der Waals surface area contributed by atoms with Gasteiger partial charge in [-0.1, -0.05) is 0 Å². The highest BCUT2D eigenvalue weighted by Crippen LogP contribution is 2.00. The summed E-state index contributed by atoms with van der Waals surface area (Å²) >= 11 is 0. The molecule has 0 radical (unpaired) electrons. The second-order valence-electron chi connectivity index (χ2n) is 3.01. The summed E-state index contributed by atoms with van der Waals surface area (Å²) in [6.07, 6.45) is 4.79. The van der Waals surface area contributed by atoms with Gasteiger partial charge in [0.15, 0.2) is 0 Å². The van der Waals surface area contributed by atoms with Gasteiger partial charge in [0, 0.05) is 24.7 Å². The Labute approximate surface area is 89.7 Å². The molecule has 0 aliphatic carbocycles. The molecule has 0 fully saturated rings. The van der Waals surface area contributed by atoms with E-state index in [2.05, 4.69) is 19.9 Å². The molecule has 0 amide bonds. The Balaban J connectivity index is 2.31. The Morgan fingerprint density at radius 3 is 2.62 bits per heavy atom. The predicted molar refractivity (Wildman–Crippen MR) is 59.2 cm³/mol. The lowest BCUT2D eigenvalue weighted by Gasteiger charge is -1.92. The number of H-pyrrole nitrogens is 2. The first-order valence-corrected chi connectivity index (χ1v) is 4.52. The summed E-state index contributed by atoms with van der Waals surface area (Å²) < 4.78 is 0. The normalized spacial score (nSPS) is 10.8. The zero-order valence-electron chi connectivity index (χ0n) is 8.18. The molecule has 0 aromatic carbocycles. The fraction of sp³-hybridized carbons (Fsp3) is 0. The van der Waals surface area contributed by atoms with Crippen LogP contribution >= 0.6 is 0 Å². The van der Waals surface area contributed by atoms with E-state index in [-0.39, 0.29) is 5.82 Å². The van der Waals surface area contributed by atoms with Gasteiger partial charge in [-0.3, -0.25) is 19.7 Å². The summed E-state index contributed by atoms with van der Waals surface area (Å²) in [6.45, 7) is 0. The van der Waals surface area contributed by atoms with E-state index in [1.54, 1.807) is 24.5 Å². The molecular weight excluding hydrogens is 208 g/mol. The summed E-state index contributed by atoms with van der Waals surface area (Å²) in [5, 5.41) is 0. The van der Waals surface area contributed by atoms with Crippen LogP contribution in [0.5, 0.6) is 0 Å². The van der Waals surface area contributed by atoms with Gasteiger partial charge >= 0.3 is 5.69 Å². The van der Waals surface area contributed by atoms with E-state index in [0.29, 0.717) is 0 Å². The van der Waals surface area contributed by atoms with Crippen LogP contribution in [0.4, 0.5) is 5.82 Å². The molecule has 0 spiro atoms. The van der Waals surface area contributed by atoms with Crippen LogP contribution in [0.2, 0.25) is 0 Å². The minimum Gasteiger partial charge on any atom is -0.292 e. The first-order chi connectivity index (χ1) is 7.74. The summed E-state index contributed by atoms with van der Waals surface area (Å²) in [5.41, 5.74) is -0.226. The number of aliphatic imine (C=N–C) groups is 1. The predicted octanol–water partition coefficient (Wildman–Crippen LogP) is 0.209. The number of nitrogens with zero attached hydrogens (tertiary/aromatic N) is 2. The van der Waals surface area contributed by atoms with E-state index >= 15 is 0 Å². The number of hydrogen-bond donors (Lipinski definition) is 2. The Morgan fingerprint density at radius 1 is 1.19 bits per heavy atom. The first kappa shape index (κ1) is 10.0. The van der Waals surface area contributed by atoms with Crippen LogP contribution < -0.4 is 11.2 Å². The summed E-state index contributed by atoms with van der Waals surface area (Å²) in [4.78, 5) is 34.2. The average molecular weight is 216 g/mol. The van der Waals surface area contributed by atoms with Crippen LogP contribution in [0.1, 0.15) is 5.56 Å². The lowest BCUT2D eigenvalue weighted by Crippen LogP contribution is -2.20. The number of nitrogens with one attached hydrogen (secondary N) is 2. The smallest absolute Gasteiger partial charge is 0.292 e. The van der Waals surface area contributed by atoms with Crippen molar-refractivity contribution in [3.63, 3.8) is 0 Å². The van der Waals surface area contributed by atoms with Gasteiger partial charge in [-0.2, -0.15) is 0 Å². The highest BCUT2D eigenvalue weighted by molar-refractivity contribution is 5.81. The summed E-state index contributed by atoms with van der Waals surface area (Å²) in [7, 11) is 0. The zero-order valence-corrected chi connectivity index (χ0v) is 8.18. The van der Waals surface area contributed by atoms with E-state index in [4.69, 9.17) is 0 Å². The van der Waals surface area contributed by atoms with Crippen molar-refractivity contribution in [2.24, 2.45) is 4.99 Å². The van der Waals surface area contributed by atoms with Gasteiger partial charge in [-0.05, 0) is 17.7 Å². The number of aromatic nitrogens is 3. The van der Waals surface area contributed by atoms with E-state index in [9.17, 15) is 9.59 Å². The molecule has 0 atom stereocenters. The molecule has 2 heterocycles. The fourth-order valence-corrected chi connectivity index (χ4v) is 1.12. The maximum Gasteiger partial charge on any atom is 0.327 e. The maximum absolute atomic E-state index is 11.0. The van der Waals surface area contributed by atoms with Gasteiger partial charge in [-0.25, -0.2) is 9.79 Å². The first-order valence-electron chi connectivity index (χ1n) is 4.52. The third-order valence-electron chi connectivity index (χ3n) is 1.80. The lowest BCUT2D eigenvalue weighted by molar-refractivity contribution is 1.03. The summed E-state index contributed by atoms with van der Waals surface area (Å²) in [5.74, 6) is 0.213. The second-order valence-corrected chi connectivity index (χ2v) is 3.01. The zero-order chi connectivity index (χ0) is 11.4. The van der Waals surface area contributed by atoms with Crippen molar-refractivity contribution in [3.8, 4) is 0 Å². The van der Waals surface area contributed by atoms with Crippen molar-refractivity contribution in [1.82, 2.24) is 15.0 Å². The Kier molecular flexibility index (Phi) is 2.73. The molecular formula is C10H8N4O2. The molecule has 2 aromatic rings.